The van der Waals surface area contributed by atoms with Crippen LogP contribution < -0.4 is 0 Å². The van der Waals surface area contributed by atoms with Gasteiger partial charge in [0, 0.05) is 0 Å². The molecule has 0 amide bonds. The fourth-order valence-electron chi connectivity index (χ4n) is 1.07. The van der Waals surface area contributed by atoms with Crippen LogP contribution in [0.25, 0.3) is 0 Å². The summed E-state index contributed by atoms with van der Waals surface area (Å²) in [6.07, 6.45) is 6.27. The van der Waals surface area contributed by atoms with E-state index in [9.17, 15) is 0 Å². The van der Waals surface area contributed by atoms with Crippen LogP contribution in [0.3, 0.4) is 0 Å². The van der Waals surface area contributed by atoms with Crippen molar-refractivity contribution in [2.24, 2.45) is 5.92 Å². The van der Waals surface area contributed by atoms with Crippen molar-refractivity contribution in [1.29, 1.82) is 0 Å². The number of ether oxygens (including phenoxy) is 1. The molecule has 0 aromatic rings. The highest BCUT2D eigenvalue weighted by Crippen LogP contribution is 2.28. The average molecular weight is 172 g/mol. The van der Waals surface area contributed by atoms with E-state index in [0.29, 0.717) is 0 Å². The molecule has 0 aromatic carbocycles. The Labute approximate surface area is 73.2 Å². The molecular weight excluding hydrogens is 156 g/mol. The largest absolute Gasteiger partial charge is 0.502 e. The van der Waals surface area contributed by atoms with Gasteiger partial charge >= 0.3 is 0 Å². The Hall–Kier alpha value is -0.110. The van der Waals surface area contributed by atoms with Gasteiger partial charge in [0.25, 0.3) is 0 Å². The van der Waals surface area contributed by atoms with Crippen molar-refractivity contribution < 1.29 is 4.74 Å². The van der Waals surface area contributed by atoms with Gasteiger partial charge in [0.15, 0.2) is 0 Å². The second-order valence-corrected chi connectivity index (χ2v) is 3.96. The van der Waals surface area contributed by atoms with Gasteiger partial charge in [0.2, 0.25) is 0 Å². The van der Waals surface area contributed by atoms with Crippen molar-refractivity contribution in [3.63, 3.8) is 0 Å². The van der Waals surface area contributed by atoms with Crippen LogP contribution in [0.1, 0.15) is 19.8 Å². The van der Waals surface area contributed by atoms with Gasteiger partial charge in [-0.25, -0.2) is 0 Å². The summed E-state index contributed by atoms with van der Waals surface area (Å²) in [6, 6.07) is 0. The maximum absolute atomic E-state index is 5.21. The molecule has 0 aliphatic carbocycles. The molecular formula is C9H16OS. The molecule has 0 saturated carbocycles. The molecule has 0 bridgehead atoms. The number of thioether (sulfide) groups is 1. The molecule has 0 atom stereocenters. The van der Waals surface area contributed by atoms with Gasteiger partial charge in [-0.3, -0.25) is 0 Å². The molecule has 11 heavy (non-hydrogen) atoms. The maximum Gasteiger partial charge on any atom is 0.0873 e. The lowest BCUT2D eigenvalue weighted by molar-refractivity contribution is 0.235. The number of hydrogen-bond donors (Lipinski definition) is 0. The standard InChI is InChI=1S/C9H16OS/c1-2-5-10-6-3-4-9-7-11-8-9/h2,5,9H,3-4,6-8H2,1H3/b5-2+. The highest BCUT2D eigenvalue weighted by atomic mass is 32.2. The van der Waals surface area contributed by atoms with E-state index >= 15 is 0 Å². The zero-order valence-corrected chi connectivity index (χ0v) is 7.90. The second-order valence-electron chi connectivity index (χ2n) is 2.89. The second kappa shape index (κ2) is 5.53. The Morgan fingerprint density at radius 3 is 2.91 bits per heavy atom. The molecule has 1 heterocycles. The molecule has 0 N–H and O–H groups in total. The smallest absolute Gasteiger partial charge is 0.0873 e. The third-order valence-corrected chi connectivity index (χ3v) is 3.23. The molecule has 1 fully saturated rings. The Morgan fingerprint density at radius 2 is 2.36 bits per heavy atom. The van der Waals surface area contributed by atoms with Crippen LogP contribution >= 0.6 is 11.8 Å². The first kappa shape index (κ1) is 8.98. The molecule has 0 radical (unpaired) electrons. The van der Waals surface area contributed by atoms with E-state index in [2.05, 4.69) is 11.8 Å². The minimum atomic E-state index is 0.894. The van der Waals surface area contributed by atoms with Crippen LogP contribution in [0.5, 0.6) is 0 Å². The fourth-order valence-corrected chi connectivity index (χ4v) is 1.97. The van der Waals surface area contributed by atoms with Crippen LogP contribution in [0, 0.1) is 5.92 Å². The van der Waals surface area contributed by atoms with Crippen molar-refractivity contribution in [3.05, 3.63) is 12.3 Å². The summed E-state index contributed by atoms with van der Waals surface area (Å²) in [5.74, 6) is 3.75. The summed E-state index contributed by atoms with van der Waals surface area (Å²) in [6.45, 7) is 2.87. The van der Waals surface area contributed by atoms with Crippen molar-refractivity contribution >= 4 is 11.8 Å². The highest BCUT2D eigenvalue weighted by molar-refractivity contribution is 8.00. The van der Waals surface area contributed by atoms with Crippen molar-refractivity contribution in [3.8, 4) is 0 Å². The summed E-state index contributed by atoms with van der Waals surface area (Å²) in [5, 5.41) is 0. The van der Waals surface area contributed by atoms with E-state index in [1.807, 2.05) is 13.0 Å². The van der Waals surface area contributed by atoms with Gasteiger partial charge in [0.1, 0.15) is 0 Å². The van der Waals surface area contributed by atoms with Gasteiger partial charge in [-0.1, -0.05) is 6.08 Å². The molecule has 1 aliphatic heterocycles. The minimum absolute atomic E-state index is 0.894. The van der Waals surface area contributed by atoms with E-state index in [1.54, 1.807) is 6.26 Å². The van der Waals surface area contributed by atoms with Crippen molar-refractivity contribution in [2.75, 3.05) is 18.1 Å². The molecule has 0 unspecified atom stereocenters. The Balaban J connectivity index is 1.80. The van der Waals surface area contributed by atoms with Gasteiger partial charge in [-0.15, -0.1) is 0 Å². The Kier molecular flexibility index (Phi) is 4.51. The molecule has 1 saturated heterocycles. The first-order chi connectivity index (χ1) is 5.43. The Morgan fingerprint density at radius 1 is 1.55 bits per heavy atom. The normalized spacial score (nSPS) is 18.6. The predicted molar refractivity (Wildman–Crippen MR) is 50.8 cm³/mol. The van der Waals surface area contributed by atoms with Crippen LogP contribution in [0.2, 0.25) is 0 Å². The SMILES string of the molecule is C/C=C/OCCCC1CSC1. The summed E-state index contributed by atoms with van der Waals surface area (Å²) >= 11 is 2.06. The first-order valence-electron chi connectivity index (χ1n) is 4.24. The molecule has 64 valence electrons. The van der Waals surface area contributed by atoms with E-state index in [-0.39, 0.29) is 0 Å². The number of hydrogen-bond acceptors (Lipinski definition) is 2. The zero-order valence-electron chi connectivity index (χ0n) is 7.08. The summed E-state index contributed by atoms with van der Waals surface area (Å²) in [4.78, 5) is 0. The highest BCUT2D eigenvalue weighted by Gasteiger charge is 2.16. The van der Waals surface area contributed by atoms with E-state index < -0.39 is 0 Å². The lowest BCUT2D eigenvalue weighted by atomic mass is 10.1. The molecule has 1 nitrogen and oxygen atoms in total. The van der Waals surface area contributed by atoms with E-state index in [1.165, 1.54) is 24.3 Å². The third-order valence-electron chi connectivity index (χ3n) is 1.81. The molecule has 1 aliphatic rings. The van der Waals surface area contributed by atoms with E-state index in [0.717, 1.165) is 12.5 Å². The third kappa shape index (κ3) is 3.71. The van der Waals surface area contributed by atoms with Crippen LogP contribution in [0.4, 0.5) is 0 Å². The number of rotatable bonds is 5. The zero-order chi connectivity index (χ0) is 7.94. The average Bonchev–Trinajstić information content (AvgIpc) is 1.93. The molecule has 2 heteroatoms. The van der Waals surface area contributed by atoms with Crippen molar-refractivity contribution in [1.82, 2.24) is 0 Å². The predicted octanol–water partition coefficient (Wildman–Crippen LogP) is 2.68. The lowest BCUT2D eigenvalue weighted by Crippen LogP contribution is -2.17. The van der Waals surface area contributed by atoms with Crippen LogP contribution in [-0.2, 0) is 4.74 Å². The minimum Gasteiger partial charge on any atom is -0.502 e. The van der Waals surface area contributed by atoms with Gasteiger partial charge in [-0.2, -0.15) is 11.8 Å². The molecule has 0 spiro atoms. The molecule has 0 aromatic heterocycles. The topological polar surface area (TPSA) is 9.23 Å². The van der Waals surface area contributed by atoms with Crippen LogP contribution in [0.15, 0.2) is 12.3 Å². The monoisotopic (exact) mass is 172 g/mol. The van der Waals surface area contributed by atoms with Gasteiger partial charge in [0.05, 0.1) is 12.9 Å². The Bertz CT molecular complexity index is 119. The maximum atomic E-state index is 5.21. The van der Waals surface area contributed by atoms with Crippen molar-refractivity contribution in [2.45, 2.75) is 19.8 Å². The number of allylic oxidation sites excluding steroid dienone is 1. The summed E-state index contributed by atoms with van der Waals surface area (Å²) < 4.78 is 5.21. The summed E-state index contributed by atoms with van der Waals surface area (Å²) in [5.41, 5.74) is 0. The fraction of sp³-hybridized carbons (Fsp3) is 0.778. The quantitative estimate of drug-likeness (QED) is 0.466. The van der Waals surface area contributed by atoms with Crippen LogP contribution in [-0.4, -0.2) is 18.1 Å². The lowest BCUT2D eigenvalue weighted by Gasteiger charge is -2.24. The van der Waals surface area contributed by atoms with Gasteiger partial charge < -0.3 is 4.74 Å². The summed E-state index contributed by atoms with van der Waals surface area (Å²) in [7, 11) is 0. The first-order valence-corrected chi connectivity index (χ1v) is 5.39. The van der Waals surface area contributed by atoms with E-state index in [4.69, 9.17) is 4.74 Å². The van der Waals surface area contributed by atoms with Gasteiger partial charge in [-0.05, 0) is 37.2 Å². The molecule has 1 rings (SSSR count).